The molecule has 2 heterocycles. The van der Waals surface area contributed by atoms with E-state index < -0.39 is 14.9 Å². The molecule has 0 bridgehead atoms. The van der Waals surface area contributed by atoms with Gasteiger partial charge in [0.15, 0.2) is 0 Å². The number of aromatic nitrogens is 1. The van der Waals surface area contributed by atoms with E-state index in [1.165, 1.54) is 16.4 Å². The lowest BCUT2D eigenvalue weighted by Crippen LogP contribution is -2.27. The van der Waals surface area contributed by atoms with E-state index in [0.29, 0.717) is 13.1 Å². The summed E-state index contributed by atoms with van der Waals surface area (Å²) >= 11 is 0. The molecule has 156 valence electrons. The van der Waals surface area contributed by atoms with E-state index in [1.807, 2.05) is 31.2 Å². The summed E-state index contributed by atoms with van der Waals surface area (Å²) in [7, 11) is -3.74. The molecule has 0 atom stereocenters. The third-order valence-electron chi connectivity index (χ3n) is 5.19. The average molecular weight is 427 g/mol. The first-order chi connectivity index (χ1) is 14.4. The van der Waals surface area contributed by atoms with Crippen molar-refractivity contribution in [3.8, 4) is 0 Å². The number of hydrazone groups is 1. The van der Waals surface area contributed by atoms with Crippen LogP contribution in [0.5, 0.6) is 0 Å². The zero-order valence-electron chi connectivity index (χ0n) is 16.3. The van der Waals surface area contributed by atoms with Crippen molar-refractivity contribution in [3.63, 3.8) is 0 Å². The van der Waals surface area contributed by atoms with Crippen molar-refractivity contribution in [2.24, 2.45) is 5.10 Å². The molecule has 30 heavy (non-hydrogen) atoms. The minimum atomic E-state index is -3.74. The molecule has 0 amide bonds. The Hall–Kier alpha value is -3.24. The van der Waals surface area contributed by atoms with Gasteiger partial charge in [0.2, 0.25) is 10.0 Å². The fourth-order valence-corrected chi connectivity index (χ4v) is 5.16. The summed E-state index contributed by atoms with van der Waals surface area (Å²) in [6.07, 6.45) is 3.18. The molecule has 0 unspecified atom stereocenters. The Labute approximate surface area is 173 Å². The number of sulfonamides is 1. The molecule has 0 radical (unpaired) electrons. The van der Waals surface area contributed by atoms with Gasteiger partial charge in [-0.3, -0.25) is 15.5 Å². The van der Waals surface area contributed by atoms with Crippen molar-refractivity contribution < 1.29 is 13.3 Å². The summed E-state index contributed by atoms with van der Waals surface area (Å²) in [5, 5.41) is 16.7. The molecule has 2 aromatic carbocycles. The molecule has 1 saturated heterocycles. The molecule has 1 aliphatic heterocycles. The molecule has 1 aromatic heterocycles. The monoisotopic (exact) mass is 427 g/mol. The van der Waals surface area contributed by atoms with Gasteiger partial charge in [-0.05, 0) is 38.0 Å². The Balaban J connectivity index is 1.62. The van der Waals surface area contributed by atoms with E-state index >= 15 is 0 Å². The number of para-hydroxylation sites is 1. The van der Waals surface area contributed by atoms with Gasteiger partial charge in [-0.1, -0.05) is 18.2 Å². The van der Waals surface area contributed by atoms with E-state index in [2.05, 4.69) is 15.5 Å². The largest absolute Gasteiger partial charge is 0.358 e. The number of hydrogen-bond acceptors (Lipinski definition) is 6. The number of nitro groups is 1. The van der Waals surface area contributed by atoms with Crippen molar-refractivity contribution in [1.82, 2.24) is 9.29 Å². The minimum Gasteiger partial charge on any atom is -0.358 e. The van der Waals surface area contributed by atoms with Crippen molar-refractivity contribution in [2.45, 2.75) is 24.7 Å². The number of nitro benzene ring substituents is 1. The lowest BCUT2D eigenvalue weighted by Gasteiger charge is -2.15. The molecule has 4 rings (SSSR count). The number of aromatic amines is 1. The minimum absolute atomic E-state index is 0.0851. The summed E-state index contributed by atoms with van der Waals surface area (Å²) in [4.78, 5) is 14.1. The first-order valence-corrected chi connectivity index (χ1v) is 11.0. The Morgan fingerprint density at radius 3 is 2.67 bits per heavy atom. The summed E-state index contributed by atoms with van der Waals surface area (Å²) in [6, 6.07) is 11.6. The molecule has 10 heteroatoms. The molecular formula is C20H21N5O4S. The molecular weight excluding hydrogens is 406 g/mol. The van der Waals surface area contributed by atoms with E-state index in [9.17, 15) is 18.5 Å². The SMILES string of the molecule is Cc1[nH]c2ccccc2c1/C=N/Nc1ccc(S(=O)(=O)N2CCCC2)cc1[N+](=O)[O-]. The number of benzene rings is 2. The van der Waals surface area contributed by atoms with Crippen LogP contribution in [0.15, 0.2) is 52.5 Å². The second kappa shape index (κ2) is 7.88. The Morgan fingerprint density at radius 1 is 1.20 bits per heavy atom. The van der Waals surface area contributed by atoms with Crippen LogP contribution in [-0.2, 0) is 10.0 Å². The fourth-order valence-electron chi connectivity index (χ4n) is 3.63. The zero-order valence-corrected chi connectivity index (χ0v) is 17.1. The number of nitrogens with zero attached hydrogens (tertiary/aromatic N) is 3. The molecule has 1 aliphatic rings. The van der Waals surface area contributed by atoms with Gasteiger partial charge in [-0.25, -0.2) is 8.42 Å². The third-order valence-corrected chi connectivity index (χ3v) is 7.09. The maximum Gasteiger partial charge on any atom is 0.295 e. The van der Waals surface area contributed by atoms with Crippen molar-refractivity contribution in [2.75, 3.05) is 18.5 Å². The summed E-state index contributed by atoms with van der Waals surface area (Å²) in [5.74, 6) is 0. The molecule has 1 fully saturated rings. The zero-order chi connectivity index (χ0) is 21.3. The van der Waals surface area contributed by atoms with E-state index in [-0.39, 0.29) is 16.3 Å². The lowest BCUT2D eigenvalue weighted by molar-refractivity contribution is -0.384. The van der Waals surface area contributed by atoms with Crippen LogP contribution >= 0.6 is 0 Å². The van der Waals surface area contributed by atoms with Gasteiger partial charge in [0.05, 0.1) is 16.0 Å². The maximum absolute atomic E-state index is 12.7. The molecule has 9 nitrogen and oxygen atoms in total. The smallest absolute Gasteiger partial charge is 0.295 e. The van der Waals surface area contributed by atoms with Crippen molar-refractivity contribution in [3.05, 3.63) is 63.8 Å². The highest BCUT2D eigenvalue weighted by Gasteiger charge is 2.29. The first-order valence-electron chi connectivity index (χ1n) is 9.53. The number of nitrogens with one attached hydrogen (secondary N) is 2. The predicted molar refractivity (Wildman–Crippen MR) is 115 cm³/mol. The highest BCUT2D eigenvalue weighted by atomic mass is 32.2. The van der Waals surface area contributed by atoms with Crippen LogP contribution in [0.2, 0.25) is 0 Å². The predicted octanol–water partition coefficient (Wildman–Crippen LogP) is 3.62. The lowest BCUT2D eigenvalue weighted by atomic mass is 10.1. The average Bonchev–Trinajstić information content (AvgIpc) is 3.37. The van der Waals surface area contributed by atoms with E-state index in [0.717, 1.165) is 41.1 Å². The number of H-pyrrole nitrogens is 1. The van der Waals surface area contributed by atoms with Gasteiger partial charge in [0, 0.05) is 41.3 Å². The maximum atomic E-state index is 12.7. The molecule has 0 spiro atoms. The van der Waals surface area contributed by atoms with E-state index in [1.54, 1.807) is 6.21 Å². The molecule has 0 saturated carbocycles. The van der Waals surface area contributed by atoms with Crippen LogP contribution in [0, 0.1) is 17.0 Å². The van der Waals surface area contributed by atoms with Crippen LogP contribution < -0.4 is 5.43 Å². The topological polar surface area (TPSA) is 121 Å². The molecule has 3 aromatic rings. The van der Waals surface area contributed by atoms with Gasteiger partial charge in [-0.15, -0.1) is 0 Å². The van der Waals surface area contributed by atoms with Crippen LogP contribution in [0.25, 0.3) is 10.9 Å². The fraction of sp³-hybridized carbons (Fsp3) is 0.250. The molecule has 2 N–H and O–H groups in total. The van der Waals surface area contributed by atoms with Crippen LogP contribution in [-0.4, -0.2) is 41.9 Å². The number of anilines is 1. The normalized spacial score (nSPS) is 15.2. The van der Waals surface area contributed by atoms with Gasteiger partial charge < -0.3 is 4.98 Å². The Morgan fingerprint density at radius 2 is 1.93 bits per heavy atom. The van der Waals surface area contributed by atoms with Crippen molar-refractivity contribution >= 4 is 38.5 Å². The standard InChI is InChI=1S/C20H21N5O4S/c1-14-17(16-6-2-3-7-18(16)22-14)13-21-23-19-9-8-15(12-20(19)25(26)27)30(28,29)24-10-4-5-11-24/h2-3,6-9,12-13,22-23H,4-5,10-11H2,1H3/b21-13+. The second-order valence-corrected chi connectivity index (χ2v) is 9.06. The highest BCUT2D eigenvalue weighted by molar-refractivity contribution is 7.89. The number of aryl methyl sites for hydroxylation is 1. The highest BCUT2D eigenvalue weighted by Crippen LogP contribution is 2.30. The van der Waals surface area contributed by atoms with Crippen LogP contribution in [0.1, 0.15) is 24.1 Å². The van der Waals surface area contributed by atoms with Gasteiger partial charge in [0.25, 0.3) is 5.69 Å². The van der Waals surface area contributed by atoms with Crippen molar-refractivity contribution in [1.29, 1.82) is 0 Å². The van der Waals surface area contributed by atoms with Gasteiger partial charge in [-0.2, -0.15) is 9.41 Å². The number of hydrogen-bond donors (Lipinski definition) is 2. The number of fused-ring (bicyclic) bond motifs is 1. The van der Waals surface area contributed by atoms with E-state index in [4.69, 9.17) is 0 Å². The molecule has 0 aliphatic carbocycles. The quantitative estimate of drug-likeness (QED) is 0.354. The van der Waals surface area contributed by atoms with Crippen LogP contribution in [0.3, 0.4) is 0 Å². The Bertz CT molecular complexity index is 1240. The Kier molecular flexibility index (Phi) is 5.27. The third kappa shape index (κ3) is 3.66. The second-order valence-electron chi connectivity index (χ2n) is 7.13. The number of rotatable bonds is 6. The van der Waals surface area contributed by atoms with Gasteiger partial charge in [0.1, 0.15) is 5.69 Å². The summed E-state index contributed by atoms with van der Waals surface area (Å²) in [6.45, 7) is 2.79. The first kappa shape index (κ1) is 20.0. The summed E-state index contributed by atoms with van der Waals surface area (Å²) in [5.41, 5.74) is 5.21. The van der Waals surface area contributed by atoms with Crippen LogP contribution in [0.4, 0.5) is 11.4 Å². The van der Waals surface area contributed by atoms with Gasteiger partial charge >= 0.3 is 0 Å². The summed E-state index contributed by atoms with van der Waals surface area (Å²) < 4.78 is 26.8.